The monoisotopic (exact) mass is 209 g/mol. The Kier molecular flexibility index (Phi) is 3.58. The SMILES string of the molecule is CC[C@@](C)(C=O)c1ccc(C=NC)s1. The van der Waals surface area contributed by atoms with Crippen LogP contribution in [0.3, 0.4) is 0 Å². The highest BCUT2D eigenvalue weighted by atomic mass is 32.1. The number of hydrogen-bond donors (Lipinski definition) is 0. The molecule has 0 unspecified atom stereocenters. The van der Waals surface area contributed by atoms with Crippen molar-refractivity contribution in [2.45, 2.75) is 25.7 Å². The summed E-state index contributed by atoms with van der Waals surface area (Å²) in [7, 11) is 1.75. The van der Waals surface area contributed by atoms with E-state index in [0.29, 0.717) is 0 Å². The van der Waals surface area contributed by atoms with Gasteiger partial charge in [0.15, 0.2) is 0 Å². The lowest BCUT2D eigenvalue weighted by molar-refractivity contribution is -0.112. The van der Waals surface area contributed by atoms with E-state index in [4.69, 9.17) is 0 Å². The van der Waals surface area contributed by atoms with Crippen LogP contribution in [0.5, 0.6) is 0 Å². The normalized spacial score (nSPS) is 15.6. The molecular formula is C11H15NOS. The standard InChI is InChI=1S/C11H15NOS/c1-4-11(2,8-13)10-6-5-9(14-10)7-12-3/h5-8H,4H2,1-3H3/t11-/m0/s1. The third-order valence-corrected chi connectivity index (χ3v) is 3.74. The van der Waals surface area contributed by atoms with Gasteiger partial charge < -0.3 is 4.79 Å². The zero-order valence-corrected chi connectivity index (χ0v) is 9.60. The van der Waals surface area contributed by atoms with Crippen molar-refractivity contribution in [3.8, 4) is 0 Å². The Morgan fingerprint density at radius 1 is 1.57 bits per heavy atom. The Labute approximate surface area is 88.7 Å². The van der Waals surface area contributed by atoms with Gasteiger partial charge in [0.1, 0.15) is 6.29 Å². The van der Waals surface area contributed by atoms with Crippen molar-refractivity contribution in [1.82, 2.24) is 0 Å². The van der Waals surface area contributed by atoms with E-state index in [2.05, 4.69) is 4.99 Å². The molecule has 0 aromatic carbocycles. The average molecular weight is 209 g/mol. The van der Waals surface area contributed by atoms with Crippen LogP contribution in [0.25, 0.3) is 0 Å². The summed E-state index contributed by atoms with van der Waals surface area (Å²) >= 11 is 1.63. The van der Waals surface area contributed by atoms with E-state index in [1.165, 1.54) is 0 Å². The van der Waals surface area contributed by atoms with Gasteiger partial charge in [0, 0.05) is 23.0 Å². The molecule has 0 aliphatic carbocycles. The molecule has 2 nitrogen and oxygen atoms in total. The van der Waals surface area contributed by atoms with Crippen LogP contribution in [-0.2, 0) is 10.2 Å². The fraction of sp³-hybridized carbons (Fsp3) is 0.455. The Bertz CT molecular complexity index is 343. The van der Waals surface area contributed by atoms with E-state index in [9.17, 15) is 4.79 Å². The third kappa shape index (κ3) is 2.10. The fourth-order valence-corrected chi connectivity index (χ4v) is 2.28. The van der Waals surface area contributed by atoms with Crippen LogP contribution in [-0.4, -0.2) is 19.5 Å². The second-order valence-corrected chi connectivity index (χ2v) is 4.59. The molecule has 0 fully saturated rings. The van der Waals surface area contributed by atoms with Gasteiger partial charge in [-0.25, -0.2) is 0 Å². The molecule has 1 aromatic rings. The molecule has 3 heteroatoms. The molecule has 1 atom stereocenters. The van der Waals surface area contributed by atoms with Crippen LogP contribution in [0, 0.1) is 0 Å². The zero-order chi connectivity index (χ0) is 10.6. The highest BCUT2D eigenvalue weighted by Crippen LogP contribution is 2.30. The number of rotatable bonds is 4. The van der Waals surface area contributed by atoms with Gasteiger partial charge in [0.25, 0.3) is 0 Å². The van der Waals surface area contributed by atoms with Gasteiger partial charge in [-0.2, -0.15) is 0 Å². The minimum Gasteiger partial charge on any atom is -0.302 e. The number of nitrogens with zero attached hydrogens (tertiary/aromatic N) is 1. The summed E-state index contributed by atoms with van der Waals surface area (Å²) < 4.78 is 0. The molecule has 1 aromatic heterocycles. The molecular weight excluding hydrogens is 194 g/mol. The summed E-state index contributed by atoms with van der Waals surface area (Å²) in [6.07, 6.45) is 3.68. The van der Waals surface area contributed by atoms with E-state index in [1.807, 2.05) is 32.2 Å². The first-order valence-corrected chi connectivity index (χ1v) is 5.46. The molecule has 1 rings (SSSR count). The Morgan fingerprint density at radius 2 is 2.29 bits per heavy atom. The average Bonchev–Trinajstić information content (AvgIpc) is 2.66. The highest BCUT2D eigenvalue weighted by molar-refractivity contribution is 7.14. The van der Waals surface area contributed by atoms with Crippen molar-refractivity contribution >= 4 is 23.8 Å². The van der Waals surface area contributed by atoms with Gasteiger partial charge in [0.2, 0.25) is 0 Å². The molecule has 0 amide bonds. The molecule has 0 spiro atoms. The van der Waals surface area contributed by atoms with E-state index in [-0.39, 0.29) is 5.41 Å². The van der Waals surface area contributed by atoms with Crippen molar-refractivity contribution in [1.29, 1.82) is 0 Å². The van der Waals surface area contributed by atoms with Crippen molar-refractivity contribution in [2.75, 3.05) is 7.05 Å². The molecule has 14 heavy (non-hydrogen) atoms. The lowest BCUT2D eigenvalue weighted by Gasteiger charge is -2.18. The smallest absolute Gasteiger partial charge is 0.131 e. The Balaban J connectivity index is 3.00. The Hall–Kier alpha value is -0.960. The quantitative estimate of drug-likeness (QED) is 0.553. The maximum absolute atomic E-state index is 11.0. The van der Waals surface area contributed by atoms with E-state index < -0.39 is 0 Å². The van der Waals surface area contributed by atoms with Crippen LogP contribution in [0.1, 0.15) is 30.0 Å². The number of thiophene rings is 1. The number of carbonyl (C=O) groups is 1. The second-order valence-electron chi connectivity index (χ2n) is 3.48. The van der Waals surface area contributed by atoms with E-state index in [0.717, 1.165) is 22.5 Å². The molecule has 0 saturated heterocycles. The molecule has 0 N–H and O–H groups in total. The number of hydrogen-bond acceptors (Lipinski definition) is 3. The van der Waals surface area contributed by atoms with Crippen LogP contribution < -0.4 is 0 Å². The van der Waals surface area contributed by atoms with Crippen molar-refractivity contribution in [3.63, 3.8) is 0 Å². The largest absolute Gasteiger partial charge is 0.302 e. The number of aliphatic imine (C=N–C) groups is 1. The number of carbonyl (C=O) groups excluding carboxylic acids is 1. The van der Waals surface area contributed by atoms with Crippen molar-refractivity contribution in [3.05, 3.63) is 21.9 Å². The lowest BCUT2D eigenvalue weighted by atomic mass is 9.88. The van der Waals surface area contributed by atoms with Crippen LogP contribution in [0.2, 0.25) is 0 Å². The minimum atomic E-state index is -0.329. The third-order valence-electron chi connectivity index (χ3n) is 2.44. The number of aldehydes is 1. The molecule has 0 saturated carbocycles. The molecule has 0 radical (unpaired) electrons. The van der Waals surface area contributed by atoms with Gasteiger partial charge in [-0.05, 0) is 25.5 Å². The molecule has 1 heterocycles. The first-order chi connectivity index (χ1) is 6.66. The van der Waals surface area contributed by atoms with Crippen molar-refractivity contribution in [2.24, 2.45) is 4.99 Å². The molecule has 0 aliphatic rings. The maximum atomic E-state index is 11.0. The summed E-state index contributed by atoms with van der Waals surface area (Å²) in [5.41, 5.74) is -0.329. The van der Waals surface area contributed by atoms with Gasteiger partial charge in [0.05, 0.1) is 5.41 Å². The van der Waals surface area contributed by atoms with Crippen LogP contribution >= 0.6 is 11.3 Å². The molecule has 76 valence electrons. The summed E-state index contributed by atoms with van der Waals surface area (Å²) in [5.74, 6) is 0. The topological polar surface area (TPSA) is 29.4 Å². The van der Waals surface area contributed by atoms with Gasteiger partial charge in [-0.15, -0.1) is 11.3 Å². The zero-order valence-electron chi connectivity index (χ0n) is 8.78. The lowest BCUT2D eigenvalue weighted by Crippen LogP contribution is -2.20. The van der Waals surface area contributed by atoms with Gasteiger partial charge in [-0.1, -0.05) is 6.92 Å². The maximum Gasteiger partial charge on any atom is 0.131 e. The van der Waals surface area contributed by atoms with Crippen LogP contribution in [0.4, 0.5) is 0 Å². The van der Waals surface area contributed by atoms with Gasteiger partial charge >= 0.3 is 0 Å². The summed E-state index contributed by atoms with van der Waals surface area (Å²) in [6.45, 7) is 4.00. The predicted octanol–water partition coefficient (Wildman–Crippen LogP) is 2.66. The van der Waals surface area contributed by atoms with Crippen molar-refractivity contribution < 1.29 is 4.79 Å². The first kappa shape index (κ1) is 11.1. The summed E-state index contributed by atoms with van der Waals surface area (Å²) in [4.78, 5) is 17.2. The Morgan fingerprint density at radius 3 is 2.79 bits per heavy atom. The van der Waals surface area contributed by atoms with Gasteiger partial charge in [-0.3, -0.25) is 4.99 Å². The summed E-state index contributed by atoms with van der Waals surface area (Å²) in [5, 5.41) is 0. The van der Waals surface area contributed by atoms with Crippen LogP contribution in [0.15, 0.2) is 17.1 Å². The predicted molar refractivity (Wildman–Crippen MR) is 61.5 cm³/mol. The highest BCUT2D eigenvalue weighted by Gasteiger charge is 2.25. The van der Waals surface area contributed by atoms with E-state index >= 15 is 0 Å². The van der Waals surface area contributed by atoms with E-state index in [1.54, 1.807) is 18.4 Å². The fourth-order valence-electron chi connectivity index (χ4n) is 1.17. The minimum absolute atomic E-state index is 0.329. The second kappa shape index (κ2) is 4.51. The molecule has 0 bridgehead atoms. The summed E-state index contributed by atoms with van der Waals surface area (Å²) in [6, 6.07) is 4.02. The molecule has 0 aliphatic heterocycles. The first-order valence-electron chi connectivity index (χ1n) is 4.65.